The number of nitrogen functional groups attached to an aromatic ring is 1. The predicted octanol–water partition coefficient (Wildman–Crippen LogP) is 6.27. The lowest BCUT2D eigenvalue weighted by Crippen LogP contribution is -2.18. The Morgan fingerprint density at radius 1 is 1.19 bits per heavy atom. The Balaban J connectivity index is 1.76. The Bertz CT molecular complexity index is 1170. The zero-order valence-corrected chi connectivity index (χ0v) is 21.2. The Morgan fingerprint density at radius 2 is 1.92 bits per heavy atom. The van der Waals surface area contributed by atoms with Gasteiger partial charge in [-0.2, -0.15) is 0 Å². The first-order chi connectivity index (χ1) is 17.4. The first-order valence-corrected chi connectivity index (χ1v) is 12.7. The van der Waals surface area contributed by atoms with Crippen molar-refractivity contribution in [2.24, 2.45) is 5.73 Å². The van der Waals surface area contributed by atoms with Crippen molar-refractivity contribution < 1.29 is 13.9 Å². The van der Waals surface area contributed by atoms with Gasteiger partial charge in [0.15, 0.2) is 11.6 Å². The molecule has 192 valence electrons. The number of imidazole rings is 1. The van der Waals surface area contributed by atoms with Crippen LogP contribution >= 0.6 is 0 Å². The van der Waals surface area contributed by atoms with E-state index >= 15 is 4.39 Å². The number of H-pyrrole nitrogens is 1. The van der Waals surface area contributed by atoms with E-state index in [-0.39, 0.29) is 17.7 Å². The highest BCUT2D eigenvalue weighted by molar-refractivity contribution is 5.95. The standard InChI is InChI=1S/C28H36FN5O2/c1-4-35-21-14-22(25(29)24(15-21)36-17(2)3)26(33-20-12-10-19(11-13-20)27(30)31)28-32-16-23(34-28)18-8-6-5-7-9-18/h10-18,26,33H,4-9H2,1-3H3,(H3,30,31)(H,32,34). The molecular weight excluding hydrogens is 457 g/mol. The first kappa shape index (κ1) is 25.5. The van der Waals surface area contributed by atoms with E-state index in [0.29, 0.717) is 35.2 Å². The summed E-state index contributed by atoms with van der Waals surface area (Å²) in [6, 6.07) is 9.85. The fourth-order valence-corrected chi connectivity index (χ4v) is 4.72. The number of halogens is 1. The normalized spacial score (nSPS) is 15.0. The van der Waals surface area contributed by atoms with E-state index in [1.54, 1.807) is 24.3 Å². The van der Waals surface area contributed by atoms with Crippen LogP contribution in [0.4, 0.5) is 10.1 Å². The summed E-state index contributed by atoms with van der Waals surface area (Å²) in [7, 11) is 0. The average molecular weight is 494 g/mol. The Labute approximate surface area is 212 Å². The molecule has 8 heteroatoms. The van der Waals surface area contributed by atoms with Gasteiger partial charge in [-0.3, -0.25) is 5.41 Å². The SMILES string of the molecule is CCOc1cc(OC(C)C)c(F)c(C(Nc2ccc(C(=N)N)cc2)c2ncc(C3CCCCC3)[nH]2)c1. The maximum absolute atomic E-state index is 15.9. The van der Waals surface area contributed by atoms with Crippen molar-refractivity contribution in [3.05, 3.63) is 71.1 Å². The van der Waals surface area contributed by atoms with Gasteiger partial charge < -0.3 is 25.5 Å². The number of nitrogens with zero attached hydrogens (tertiary/aromatic N) is 1. The van der Waals surface area contributed by atoms with Crippen LogP contribution in [0.25, 0.3) is 0 Å². The molecule has 1 aliphatic carbocycles. The molecule has 36 heavy (non-hydrogen) atoms. The second-order valence-electron chi connectivity index (χ2n) is 9.55. The van der Waals surface area contributed by atoms with Crippen molar-refractivity contribution in [3.8, 4) is 11.5 Å². The maximum Gasteiger partial charge on any atom is 0.171 e. The molecule has 1 heterocycles. The summed E-state index contributed by atoms with van der Waals surface area (Å²) < 4.78 is 27.5. The summed E-state index contributed by atoms with van der Waals surface area (Å²) in [6.45, 7) is 6.06. The zero-order chi connectivity index (χ0) is 25.7. The van der Waals surface area contributed by atoms with Gasteiger partial charge in [-0.05, 0) is 63.9 Å². The van der Waals surface area contributed by atoms with Gasteiger partial charge in [0.05, 0.1) is 12.7 Å². The molecule has 0 amide bonds. The second-order valence-corrected chi connectivity index (χ2v) is 9.55. The van der Waals surface area contributed by atoms with E-state index in [2.05, 4.69) is 10.3 Å². The molecule has 1 unspecified atom stereocenters. The Morgan fingerprint density at radius 3 is 2.56 bits per heavy atom. The molecule has 2 aromatic carbocycles. The van der Waals surface area contributed by atoms with E-state index in [9.17, 15) is 0 Å². The van der Waals surface area contributed by atoms with Gasteiger partial charge in [-0.1, -0.05) is 19.3 Å². The third-order valence-corrected chi connectivity index (χ3v) is 6.47. The number of nitrogens with two attached hydrogens (primary N) is 1. The summed E-state index contributed by atoms with van der Waals surface area (Å²) in [5.74, 6) is 1.27. The van der Waals surface area contributed by atoms with Crippen molar-refractivity contribution in [2.45, 2.75) is 70.9 Å². The van der Waals surface area contributed by atoms with Crippen LogP contribution in [0.1, 0.15) is 87.5 Å². The van der Waals surface area contributed by atoms with Gasteiger partial charge in [0.25, 0.3) is 0 Å². The van der Waals surface area contributed by atoms with Gasteiger partial charge >= 0.3 is 0 Å². The highest BCUT2D eigenvalue weighted by atomic mass is 19.1. The highest BCUT2D eigenvalue weighted by Gasteiger charge is 2.27. The van der Waals surface area contributed by atoms with Crippen molar-refractivity contribution in [3.63, 3.8) is 0 Å². The van der Waals surface area contributed by atoms with E-state index in [0.717, 1.165) is 24.2 Å². The molecule has 0 bridgehead atoms. The molecule has 4 rings (SSSR count). The van der Waals surface area contributed by atoms with E-state index < -0.39 is 11.9 Å². The number of hydrogen-bond acceptors (Lipinski definition) is 5. The number of hydrogen-bond donors (Lipinski definition) is 4. The minimum absolute atomic E-state index is 0.00723. The Kier molecular flexibility index (Phi) is 8.13. The van der Waals surface area contributed by atoms with Crippen LogP contribution in [0.15, 0.2) is 42.6 Å². The van der Waals surface area contributed by atoms with Gasteiger partial charge in [0.2, 0.25) is 0 Å². The topological polar surface area (TPSA) is 109 Å². The monoisotopic (exact) mass is 493 g/mol. The third kappa shape index (κ3) is 5.98. The molecule has 0 aliphatic heterocycles. The number of ether oxygens (including phenoxy) is 2. The third-order valence-electron chi connectivity index (χ3n) is 6.47. The van der Waals surface area contributed by atoms with E-state index in [4.69, 9.17) is 25.6 Å². The second kappa shape index (κ2) is 11.5. The van der Waals surface area contributed by atoms with Crippen LogP contribution in [0, 0.1) is 11.2 Å². The van der Waals surface area contributed by atoms with Gasteiger partial charge in [-0.25, -0.2) is 9.37 Å². The van der Waals surface area contributed by atoms with E-state index in [1.165, 1.54) is 19.3 Å². The van der Waals surface area contributed by atoms with Gasteiger partial charge in [0.1, 0.15) is 23.5 Å². The number of amidine groups is 1. The molecule has 7 nitrogen and oxygen atoms in total. The quantitative estimate of drug-likeness (QED) is 0.197. The fourth-order valence-electron chi connectivity index (χ4n) is 4.72. The fraction of sp³-hybridized carbons (Fsp3) is 0.429. The molecular formula is C28H36FN5O2. The Hall–Kier alpha value is -3.55. The highest BCUT2D eigenvalue weighted by Crippen LogP contribution is 2.37. The zero-order valence-electron chi connectivity index (χ0n) is 21.2. The maximum atomic E-state index is 15.9. The summed E-state index contributed by atoms with van der Waals surface area (Å²) in [6.07, 6.45) is 7.64. The molecule has 3 aromatic rings. The molecule has 0 saturated heterocycles. The molecule has 0 radical (unpaired) electrons. The van der Waals surface area contributed by atoms with Crippen LogP contribution in [0.2, 0.25) is 0 Å². The van der Waals surface area contributed by atoms with Crippen LogP contribution in [-0.4, -0.2) is 28.5 Å². The van der Waals surface area contributed by atoms with E-state index in [1.807, 2.05) is 39.1 Å². The molecule has 1 atom stereocenters. The molecule has 1 saturated carbocycles. The van der Waals surface area contributed by atoms with Gasteiger partial charge in [-0.15, -0.1) is 0 Å². The molecule has 1 aliphatic rings. The number of rotatable bonds is 10. The minimum Gasteiger partial charge on any atom is -0.494 e. The lowest BCUT2D eigenvalue weighted by molar-refractivity contribution is 0.228. The van der Waals surface area contributed by atoms with Crippen molar-refractivity contribution in [2.75, 3.05) is 11.9 Å². The molecule has 1 fully saturated rings. The van der Waals surface area contributed by atoms with Crippen LogP contribution < -0.4 is 20.5 Å². The lowest BCUT2D eigenvalue weighted by atomic mass is 9.87. The smallest absolute Gasteiger partial charge is 0.171 e. The van der Waals surface area contributed by atoms with Crippen molar-refractivity contribution >= 4 is 11.5 Å². The largest absolute Gasteiger partial charge is 0.494 e. The summed E-state index contributed by atoms with van der Waals surface area (Å²) >= 11 is 0. The minimum atomic E-state index is -0.625. The number of nitrogens with one attached hydrogen (secondary N) is 3. The van der Waals surface area contributed by atoms with Crippen LogP contribution in [0.3, 0.4) is 0 Å². The molecule has 1 aromatic heterocycles. The van der Waals surface area contributed by atoms with Gasteiger partial charge in [0, 0.05) is 40.7 Å². The predicted molar refractivity (Wildman–Crippen MR) is 141 cm³/mol. The van der Waals surface area contributed by atoms with Crippen molar-refractivity contribution in [1.82, 2.24) is 9.97 Å². The summed E-state index contributed by atoms with van der Waals surface area (Å²) in [5, 5.41) is 11.1. The number of benzene rings is 2. The number of anilines is 1. The summed E-state index contributed by atoms with van der Waals surface area (Å²) in [5.41, 5.74) is 8.43. The van der Waals surface area contributed by atoms with Crippen LogP contribution in [-0.2, 0) is 0 Å². The number of aromatic amines is 1. The van der Waals surface area contributed by atoms with Crippen molar-refractivity contribution in [1.29, 1.82) is 5.41 Å². The average Bonchev–Trinajstić information content (AvgIpc) is 3.35. The van der Waals surface area contributed by atoms with Crippen LogP contribution in [0.5, 0.6) is 11.5 Å². The lowest BCUT2D eigenvalue weighted by Gasteiger charge is -2.23. The first-order valence-electron chi connectivity index (χ1n) is 12.7. The molecule has 0 spiro atoms. The summed E-state index contributed by atoms with van der Waals surface area (Å²) in [4.78, 5) is 8.19. The number of aromatic nitrogens is 2. The molecule has 5 N–H and O–H groups in total.